The monoisotopic (exact) mass is 2050 g/mol. The topological polar surface area (TPSA) is 215 Å². The Kier molecular flexibility index (Phi) is 32.6. The summed E-state index contributed by atoms with van der Waals surface area (Å²) in [7, 11) is -1.00. The maximum atomic E-state index is 13.1. The van der Waals surface area contributed by atoms with E-state index in [0.29, 0.717) is 55.6 Å². The molecule has 3 atom stereocenters. The molecule has 6 aromatic rings. The molecule has 17 nitrogen and oxygen atoms in total. The first-order chi connectivity index (χ1) is 50.5. The average Bonchev–Trinajstić information content (AvgIpc) is 1.64. The van der Waals surface area contributed by atoms with E-state index in [0.717, 1.165) is 111 Å². The first kappa shape index (κ1) is 82.9. The third kappa shape index (κ3) is 21.7. The van der Waals surface area contributed by atoms with Crippen LogP contribution in [0, 0.1) is 0 Å². The highest BCUT2D eigenvalue weighted by Gasteiger charge is 2.43. The van der Waals surface area contributed by atoms with Gasteiger partial charge in [-0.15, -0.1) is 36.2 Å². The number of carbonyl (C=O) groups is 9. The molecule has 8 aliphatic heterocycles. The Morgan fingerprint density at radius 1 is 0.462 bits per heavy atom. The number of piperidine rings is 5. The predicted molar refractivity (Wildman–Crippen MR) is 440 cm³/mol. The van der Waals surface area contributed by atoms with Crippen LogP contribution in [0.4, 0.5) is 4.39 Å². The minimum atomic E-state index is -1.00. The number of hydrogen-bond acceptors (Lipinski definition) is 14. The minimum Gasteiger partial charge on any atom is -0.322 e. The summed E-state index contributed by atoms with van der Waals surface area (Å²) in [5, 5.41) is 12.8. The van der Waals surface area contributed by atoms with Gasteiger partial charge in [0.15, 0.2) is 0 Å². The van der Waals surface area contributed by atoms with Gasteiger partial charge in [-0.1, -0.05) is 174 Å². The molecular weight excluding hydrogens is 1980 g/mol. The zero-order valence-corrected chi connectivity index (χ0v) is 73.1. The van der Waals surface area contributed by atoms with Crippen molar-refractivity contribution >= 4 is 233 Å². The van der Waals surface area contributed by atoms with Crippen molar-refractivity contribution < 1.29 is 48.9 Å². The zero-order chi connectivity index (χ0) is 75.6. The second-order valence-corrected chi connectivity index (χ2v) is 34.6. The van der Waals surface area contributed by atoms with Gasteiger partial charge in [0.1, 0.15) is 18.1 Å². The molecule has 5 saturated heterocycles. The van der Waals surface area contributed by atoms with E-state index < -0.39 is 31.2 Å². The number of likely N-dealkylation sites (tertiary alicyclic amines) is 1. The number of thiol groups is 1. The molecule has 9 amide bonds. The summed E-state index contributed by atoms with van der Waals surface area (Å²) in [6, 6.07) is 27.9. The maximum Gasteiger partial charge on any atom is 0.255 e. The Balaban J connectivity index is 0.000000164. The highest BCUT2D eigenvalue weighted by atomic mass is 79.9. The van der Waals surface area contributed by atoms with E-state index in [4.69, 9.17) is 1.37 Å². The summed E-state index contributed by atoms with van der Waals surface area (Å²) in [6.07, 6.45) is 10.0. The molecule has 0 aromatic heterocycles. The van der Waals surface area contributed by atoms with Gasteiger partial charge >= 0.3 is 0 Å². The van der Waals surface area contributed by atoms with Crippen molar-refractivity contribution in [1.82, 2.24) is 40.9 Å². The molecule has 104 heavy (non-hydrogen) atoms. The van der Waals surface area contributed by atoms with Gasteiger partial charge in [-0.25, -0.2) is 0 Å². The van der Waals surface area contributed by atoms with E-state index >= 15 is 0 Å². The number of hydrogen-bond donors (Lipinski definition) is 5. The van der Waals surface area contributed by atoms with Crippen LogP contribution in [0.15, 0.2) is 133 Å². The van der Waals surface area contributed by atoms with Crippen molar-refractivity contribution in [2.75, 3.05) is 33.3 Å². The third-order valence-corrected chi connectivity index (χ3v) is 27.5. The van der Waals surface area contributed by atoms with Gasteiger partial charge in [0.25, 0.3) is 17.7 Å². The highest BCUT2D eigenvalue weighted by Crippen LogP contribution is 2.41. The first-order valence-electron chi connectivity index (χ1n) is 34.3. The molecule has 0 saturated carbocycles. The molecule has 0 bridgehead atoms. The number of amides is 9. The summed E-state index contributed by atoms with van der Waals surface area (Å²) in [5.41, 5.74) is 12.0. The van der Waals surface area contributed by atoms with Crippen molar-refractivity contribution in [1.29, 1.82) is 0 Å². The fourth-order valence-corrected chi connectivity index (χ4v) is 21.4. The van der Waals surface area contributed by atoms with Crippen LogP contribution in [0.1, 0.15) is 160 Å². The molecule has 0 spiro atoms. The van der Waals surface area contributed by atoms with E-state index in [9.17, 15) is 47.5 Å². The Morgan fingerprint density at radius 2 is 0.788 bits per heavy atom. The summed E-state index contributed by atoms with van der Waals surface area (Å²) in [4.78, 5) is 119. The number of halogens is 10. The van der Waals surface area contributed by atoms with Crippen molar-refractivity contribution in [3.63, 3.8) is 0 Å². The van der Waals surface area contributed by atoms with Gasteiger partial charge in [-0.3, -0.25) is 68.4 Å². The summed E-state index contributed by atoms with van der Waals surface area (Å²) >= 11 is 39.9. The second-order valence-electron chi connectivity index (χ2n) is 25.3. The smallest absolute Gasteiger partial charge is 0.255 e. The molecule has 4 N–H and O–H groups in total. The minimum absolute atomic E-state index is 0.136. The molecule has 30 heteroatoms. The summed E-state index contributed by atoms with van der Waals surface area (Å²) in [6.45, 7) is 6.93. The number of nitrogens with zero attached hydrogens (tertiary/aromatic N) is 4. The van der Waals surface area contributed by atoms with Gasteiger partial charge in [0.05, 0.1) is 8.52 Å². The molecular formula is C74H76Br9FN8O9S3. The number of thioether (sulfide) groups is 2. The van der Waals surface area contributed by atoms with Crippen LogP contribution in [0.5, 0.6) is 0 Å². The van der Waals surface area contributed by atoms with Crippen LogP contribution < -0.4 is 21.3 Å². The van der Waals surface area contributed by atoms with Crippen molar-refractivity contribution in [3.05, 3.63) is 185 Å². The largest absolute Gasteiger partial charge is 0.322 e. The fraction of sp³-hybridized carbons (Fsp3) is 0.392. The van der Waals surface area contributed by atoms with Gasteiger partial charge in [-0.2, -0.15) is 0 Å². The lowest BCUT2D eigenvalue weighted by Crippen LogP contribution is -2.52. The number of carbonyl (C=O) groups excluding carboxylic acids is 9. The second kappa shape index (κ2) is 40.9. The van der Waals surface area contributed by atoms with Crippen LogP contribution in [0.2, 0.25) is 0 Å². The highest BCUT2D eigenvalue weighted by molar-refractivity contribution is 9.12. The van der Waals surface area contributed by atoms with Crippen molar-refractivity contribution in [2.24, 2.45) is 0 Å². The molecule has 8 heterocycles. The Morgan fingerprint density at radius 3 is 1.13 bits per heavy atom. The molecule has 3 unspecified atom stereocenters. The predicted octanol–water partition coefficient (Wildman–Crippen LogP) is 17.5. The molecule has 554 valence electrons. The summed E-state index contributed by atoms with van der Waals surface area (Å²) < 4.78 is 22.1. The number of imide groups is 3. The Hall–Kier alpha value is -3.63. The summed E-state index contributed by atoms with van der Waals surface area (Å²) in [5.74, 6) is -0.937. The quantitative estimate of drug-likeness (QED) is 0.0297. The number of nitrogens with one attached hydrogen (secondary N) is 4. The van der Waals surface area contributed by atoms with Crippen molar-refractivity contribution in [2.45, 2.75) is 164 Å². The first-order valence-corrected chi connectivity index (χ1v) is 44.1. The standard InChI is InChI=1S/C26H27Br2N3O3S.C21H17Br3N2O3S.C13H12N2O3S.C8H6Br4.C5H11N.CH3F/c27-20-12-17(21(28)11-16(20)13-30-9-2-1-3-10-30)15-35-23-6-4-5-18-19(23)14-31(26(18)34)22-7-8-24(32)29-25(22)33;22-8-11-6-16(24)12(7-15(11)23)10-30-18-3-1-2-13-14(18)9-26(21(13)29)17-4-5-19(27)25-20(17)28;16-11-5-4-9(12(17)14-11)15-6-8-7(13(15)18)2-1-3-10(8)19;9-3-5-1-7(11)6(4-10)2-8(5)12;1-2-4-6-5-3-1;1-2/h4-6,11-12,22H,1-3,7-10,13-15H2,(H,29,32,33);1-3,6-7,17H,4-5,8-10H2,(H,25,27,28);1-3,9,19H,4-6H2,(H,14,16,17);1-2H,3-4H2;6H,1-5H2;1H3/i;;;;;1D. The molecule has 14 rings (SSSR count). The average molecular weight is 2060 g/mol. The number of alkyl halides is 4. The van der Waals surface area contributed by atoms with Crippen LogP contribution in [0.25, 0.3) is 0 Å². The lowest BCUT2D eigenvalue weighted by molar-refractivity contribution is -0.138. The van der Waals surface area contributed by atoms with Crippen LogP contribution in [-0.4, -0.2) is 124 Å². The maximum absolute atomic E-state index is 13.1. The van der Waals surface area contributed by atoms with Gasteiger partial charge in [0, 0.05) is 131 Å². The fourth-order valence-electron chi connectivity index (χ4n) is 13.0. The van der Waals surface area contributed by atoms with Gasteiger partial charge in [0.2, 0.25) is 35.4 Å². The van der Waals surface area contributed by atoms with E-state index in [-0.39, 0.29) is 66.5 Å². The Labute approximate surface area is 696 Å². The lowest BCUT2D eigenvalue weighted by Gasteiger charge is -2.29. The number of benzene rings is 6. The van der Waals surface area contributed by atoms with Crippen LogP contribution in [-0.2, 0) is 82.4 Å². The molecule has 8 aliphatic rings. The van der Waals surface area contributed by atoms with Crippen molar-refractivity contribution in [3.8, 4) is 0 Å². The van der Waals surface area contributed by atoms with E-state index in [1.807, 2.05) is 42.5 Å². The zero-order valence-electron chi connectivity index (χ0n) is 57.3. The molecule has 0 aliphatic carbocycles. The van der Waals surface area contributed by atoms with E-state index in [1.54, 1.807) is 45.5 Å². The van der Waals surface area contributed by atoms with E-state index in [2.05, 4.69) is 219 Å². The molecule has 5 fully saturated rings. The molecule has 6 aromatic carbocycles. The van der Waals surface area contributed by atoms with Gasteiger partial charge < -0.3 is 20.0 Å². The van der Waals surface area contributed by atoms with E-state index in [1.165, 1.54) is 84.3 Å². The SMILES string of the molecule is BrCc1cc(Br)c(CBr)cc1Br.C1CCNCC1.O=C1CCC(N2Cc3c(S)cccc3C2=O)C(=O)N1.O=C1CCC(N2Cc3c(SCc4cc(Br)c(CBr)cc4Br)cccc3C2=O)C(=O)N1.O=C1CCC(N2Cc3c(SCc4cc(Br)c(CN5CCCCC5)cc4Br)cccc3C2=O)C(=O)N1.[2H]CF. The lowest BCUT2D eigenvalue weighted by atomic mass is 10.0. The van der Waals surface area contributed by atoms with Crippen LogP contribution >= 0.6 is 180 Å². The number of fused-ring (bicyclic) bond motifs is 3. The van der Waals surface area contributed by atoms with Crippen LogP contribution in [0.3, 0.4) is 0 Å². The normalized spacial score (nSPS) is 19.2. The number of rotatable bonds is 14. The van der Waals surface area contributed by atoms with Gasteiger partial charge in [-0.05, 0) is 194 Å². The molecule has 0 radical (unpaired) electrons. The Bertz CT molecular complexity index is 4220. The third-order valence-electron chi connectivity index (χ3n) is 18.5.